The maximum Gasteiger partial charge on any atom is 0.194 e. The minimum Gasteiger partial charge on any atom is -0.486 e. The highest BCUT2D eigenvalue weighted by Gasteiger charge is 2.13. The first-order chi connectivity index (χ1) is 10.1. The van der Waals surface area contributed by atoms with Gasteiger partial charge < -0.3 is 14.8 Å². The predicted octanol–water partition coefficient (Wildman–Crippen LogP) is 3.49. The summed E-state index contributed by atoms with van der Waals surface area (Å²) in [5.74, 6) is -2.59. The van der Waals surface area contributed by atoms with Gasteiger partial charge in [0.2, 0.25) is 0 Å². The summed E-state index contributed by atoms with van der Waals surface area (Å²) in [6.45, 7) is 1.15. The molecule has 0 spiro atoms. The van der Waals surface area contributed by atoms with Crippen LogP contribution in [0.5, 0.6) is 11.5 Å². The van der Waals surface area contributed by atoms with Gasteiger partial charge in [0, 0.05) is 18.3 Å². The number of rotatable bonds is 3. The second-order valence-electron chi connectivity index (χ2n) is 4.59. The molecule has 6 heteroatoms. The van der Waals surface area contributed by atoms with Crippen LogP contribution in [0.2, 0.25) is 0 Å². The van der Waals surface area contributed by atoms with Gasteiger partial charge in [0.15, 0.2) is 29.0 Å². The molecule has 0 aromatic heterocycles. The lowest BCUT2D eigenvalue weighted by Gasteiger charge is -2.19. The number of nitrogens with one attached hydrogen (secondary N) is 1. The molecule has 0 fully saturated rings. The number of halogens is 3. The van der Waals surface area contributed by atoms with Crippen molar-refractivity contribution in [3.05, 3.63) is 53.3 Å². The summed E-state index contributed by atoms with van der Waals surface area (Å²) in [4.78, 5) is 0. The lowest BCUT2D eigenvalue weighted by atomic mass is 10.2. The van der Waals surface area contributed by atoms with E-state index < -0.39 is 17.5 Å². The first kappa shape index (κ1) is 13.6. The van der Waals surface area contributed by atoms with Gasteiger partial charge in [0.05, 0.1) is 0 Å². The van der Waals surface area contributed by atoms with Crippen LogP contribution in [0.1, 0.15) is 5.56 Å². The Labute approximate surface area is 119 Å². The molecule has 2 aromatic carbocycles. The van der Waals surface area contributed by atoms with Gasteiger partial charge in [-0.25, -0.2) is 13.2 Å². The third-order valence-electron chi connectivity index (χ3n) is 3.08. The summed E-state index contributed by atoms with van der Waals surface area (Å²) >= 11 is 0. The van der Waals surface area contributed by atoms with Crippen LogP contribution in [-0.4, -0.2) is 13.2 Å². The van der Waals surface area contributed by atoms with Crippen LogP contribution in [-0.2, 0) is 6.54 Å². The fourth-order valence-corrected chi connectivity index (χ4v) is 2.07. The van der Waals surface area contributed by atoms with Crippen molar-refractivity contribution >= 4 is 5.69 Å². The SMILES string of the molecule is Fc1cc(CNc2ccc3c(c2)OCCO3)cc(F)c1F. The van der Waals surface area contributed by atoms with Crippen LogP contribution in [0, 0.1) is 17.5 Å². The highest BCUT2D eigenvalue weighted by atomic mass is 19.2. The Morgan fingerprint density at radius 3 is 2.29 bits per heavy atom. The van der Waals surface area contributed by atoms with E-state index in [1.54, 1.807) is 18.2 Å². The van der Waals surface area contributed by atoms with Gasteiger partial charge in [-0.05, 0) is 29.8 Å². The number of benzene rings is 2. The van der Waals surface area contributed by atoms with Crippen molar-refractivity contribution in [2.24, 2.45) is 0 Å². The van der Waals surface area contributed by atoms with Crippen LogP contribution in [0.3, 0.4) is 0 Å². The molecule has 3 rings (SSSR count). The summed E-state index contributed by atoms with van der Waals surface area (Å²) < 4.78 is 49.9. The lowest BCUT2D eigenvalue weighted by molar-refractivity contribution is 0.171. The second kappa shape index (κ2) is 5.55. The van der Waals surface area contributed by atoms with Crippen molar-refractivity contribution in [3.63, 3.8) is 0 Å². The van der Waals surface area contributed by atoms with Crippen molar-refractivity contribution in [3.8, 4) is 11.5 Å². The summed E-state index contributed by atoms with van der Waals surface area (Å²) in [6, 6.07) is 7.18. The van der Waals surface area contributed by atoms with Crippen LogP contribution in [0.4, 0.5) is 18.9 Å². The zero-order valence-corrected chi connectivity index (χ0v) is 11.0. The highest BCUT2D eigenvalue weighted by molar-refractivity contribution is 5.55. The number of ether oxygens (including phenoxy) is 2. The molecule has 110 valence electrons. The molecular weight excluding hydrogens is 283 g/mol. The second-order valence-corrected chi connectivity index (χ2v) is 4.59. The average Bonchev–Trinajstić information content (AvgIpc) is 2.50. The van der Waals surface area contributed by atoms with Crippen molar-refractivity contribution in [2.75, 3.05) is 18.5 Å². The molecule has 1 N–H and O–H groups in total. The molecule has 2 aromatic rings. The molecule has 0 bridgehead atoms. The van der Waals surface area contributed by atoms with E-state index in [0.717, 1.165) is 12.1 Å². The normalized spacial score (nSPS) is 13.1. The molecule has 0 saturated heterocycles. The number of hydrogen-bond donors (Lipinski definition) is 1. The zero-order chi connectivity index (χ0) is 14.8. The first-order valence-corrected chi connectivity index (χ1v) is 6.40. The third-order valence-corrected chi connectivity index (χ3v) is 3.08. The topological polar surface area (TPSA) is 30.5 Å². The fourth-order valence-electron chi connectivity index (χ4n) is 2.07. The quantitative estimate of drug-likeness (QED) is 0.879. The van der Waals surface area contributed by atoms with E-state index >= 15 is 0 Å². The van der Waals surface area contributed by atoms with Crippen LogP contribution < -0.4 is 14.8 Å². The molecule has 1 heterocycles. The Kier molecular flexibility index (Phi) is 3.60. The molecule has 21 heavy (non-hydrogen) atoms. The smallest absolute Gasteiger partial charge is 0.194 e. The zero-order valence-electron chi connectivity index (χ0n) is 11.0. The average molecular weight is 295 g/mol. The van der Waals surface area contributed by atoms with Gasteiger partial charge in [0.1, 0.15) is 13.2 Å². The molecular formula is C15H12F3NO2. The molecule has 0 radical (unpaired) electrons. The van der Waals surface area contributed by atoms with E-state index in [-0.39, 0.29) is 6.54 Å². The van der Waals surface area contributed by atoms with Gasteiger partial charge >= 0.3 is 0 Å². The summed E-state index contributed by atoms with van der Waals surface area (Å²) in [6.07, 6.45) is 0. The molecule has 0 unspecified atom stereocenters. The molecule has 3 nitrogen and oxygen atoms in total. The lowest BCUT2D eigenvalue weighted by Crippen LogP contribution is -2.15. The van der Waals surface area contributed by atoms with Crippen LogP contribution in [0.25, 0.3) is 0 Å². The summed E-state index contributed by atoms with van der Waals surface area (Å²) in [5, 5.41) is 2.99. The highest BCUT2D eigenvalue weighted by Crippen LogP contribution is 2.32. The monoisotopic (exact) mass is 295 g/mol. The Bertz CT molecular complexity index is 653. The maximum atomic E-state index is 13.1. The number of anilines is 1. The minimum atomic E-state index is -1.46. The number of hydrogen-bond acceptors (Lipinski definition) is 3. The van der Waals surface area contributed by atoms with Gasteiger partial charge in [-0.3, -0.25) is 0 Å². The van der Waals surface area contributed by atoms with Gasteiger partial charge in [-0.1, -0.05) is 0 Å². The Hall–Kier alpha value is -2.37. The molecule has 0 saturated carbocycles. The molecule has 0 amide bonds. The molecule has 0 aliphatic carbocycles. The molecule has 1 aliphatic rings. The Morgan fingerprint density at radius 2 is 1.57 bits per heavy atom. The van der Waals surface area contributed by atoms with Crippen LogP contribution >= 0.6 is 0 Å². The van der Waals surface area contributed by atoms with Crippen molar-refractivity contribution < 1.29 is 22.6 Å². The largest absolute Gasteiger partial charge is 0.486 e. The number of fused-ring (bicyclic) bond motifs is 1. The third kappa shape index (κ3) is 2.89. The molecule has 0 atom stereocenters. The van der Waals surface area contributed by atoms with Crippen molar-refractivity contribution in [1.82, 2.24) is 0 Å². The van der Waals surface area contributed by atoms with Crippen LogP contribution in [0.15, 0.2) is 30.3 Å². The maximum absolute atomic E-state index is 13.1. The van der Waals surface area contributed by atoms with Crippen molar-refractivity contribution in [1.29, 1.82) is 0 Å². The van der Waals surface area contributed by atoms with Gasteiger partial charge in [-0.2, -0.15) is 0 Å². The minimum absolute atomic E-state index is 0.160. The van der Waals surface area contributed by atoms with E-state index in [4.69, 9.17) is 9.47 Å². The van der Waals surface area contributed by atoms with E-state index in [2.05, 4.69) is 5.32 Å². The predicted molar refractivity (Wildman–Crippen MR) is 71.1 cm³/mol. The Morgan fingerprint density at radius 1 is 0.905 bits per heavy atom. The van der Waals surface area contributed by atoms with E-state index in [9.17, 15) is 13.2 Å². The standard InChI is InChI=1S/C15H12F3NO2/c16-11-5-9(6-12(17)15(11)18)8-19-10-1-2-13-14(7-10)21-4-3-20-13/h1-2,5-7,19H,3-4,8H2. The van der Waals surface area contributed by atoms with Gasteiger partial charge in [0.25, 0.3) is 0 Å². The van der Waals surface area contributed by atoms with E-state index in [1.807, 2.05) is 0 Å². The summed E-state index contributed by atoms with van der Waals surface area (Å²) in [7, 11) is 0. The van der Waals surface area contributed by atoms with Crippen molar-refractivity contribution in [2.45, 2.75) is 6.54 Å². The first-order valence-electron chi connectivity index (χ1n) is 6.40. The van der Waals surface area contributed by atoms with Gasteiger partial charge in [-0.15, -0.1) is 0 Å². The summed E-state index contributed by atoms with van der Waals surface area (Å²) in [5.41, 5.74) is 1.02. The Balaban J connectivity index is 1.73. The molecule has 1 aliphatic heterocycles. The fraction of sp³-hybridized carbons (Fsp3) is 0.200. The van der Waals surface area contributed by atoms with E-state index in [0.29, 0.717) is 36.0 Å². The van der Waals surface area contributed by atoms with E-state index in [1.165, 1.54) is 0 Å².